The average Bonchev–Trinajstić information content (AvgIpc) is 3.18. The second-order valence-electron chi connectivity index (χ2n) is 13.7. The number of carbonyl (C=O) groups is 3. The second-order valence-corrected chi connectivity index (χ2v) is 14.5. The van der Waals surface area contributed by atoms with Crippen LogP contribution in [-0.4, -0.2) is 52.5 Å². The van der Waals surface area contributed by atoms with Crippen LogP contribution in [0.4, 0.5) is 0 Å². The number of alkyl halides is 1. The summed E-state index contributed by atoms with van der Waals surface area (Å²) in [5.74, 6) is 1.00. The first-order chi connectivity index (χ1) is 25.7. The Morgan fingerprint density at radius 1 is 0.528 bits per heavy atom. The molecule has 0 bridgehead atoms. The maximum atomic E-state index is 10.5. The van der Waals surface area contributed by atoms with E-state index in [4.69, 9.17) is 25.5 Å². The Kier molecular flexibility index (Phi) is 86.9. The van der Waals surface area contributed by atoms with E-state index in [-0.39, 0.29) is 24.5 Å². The van der Waals surface area contributed by atoms with Crippen LogP contribution in [0.25, 0.3) is 0 Å². The lowest BCUT2D eigenvalue weighted by Crippen LogP contribution is -2.19. The maximum absolute atomic E-state index is 10.5. The van der Waals surface area contributed by atoms with Gasteiger partial charge in [-0.25, -0.2) is 0 Å². The molecule has 0 radical (unpaired) electrons. The molecule has 2 unspecified atom stereocenters. The number of aliphatic hydroxyl groups is 1. The first kappa shape index (κ1) is 66.8. The molecule has 0 aromatic carbocycles. The summed E-state index contributed by atoms with van der Waals surface area (Å²) in [5, 5.41) is 24.4. The van der Waals surface area contributed by atoms with Gasteiger partial charge in [0.05, 0.1) is 6.10 Å². The molecule has 0 aromatic heterocycles. The topological polar surface area (TPSA) is 138 Å². The number of nitrogens with two attached hydrogens (primary N) is 1. The Labute approximate surface area is 341 Å². The Morgan fingerprint density at radius 3 is 1.11 bits per heavy atom. The zero-order chi connectivity index (χ0) is 42.3. The number of carbonyl (C=O) groups excluding carboxylic acids is 1. The van der Waals surface area contributed by atoms with Crippen molar-refractivity contribution in [2.75, 3.05) is 11.9 Å². The fourth-order valence-electron chi connectivity index (χ4n) is 5.59. The lowest BCUT2D eigenvalue weighted by molar-refractivity contribution is -0.123. The van der Waals surface area contributed by atoms with Gasteiger partial charge in [0, 0.05) is 17.3 Å². The van der Waals surface area contributed by atoms with Crippen molar-refractivity contribution in [2.24, 2.45) is 17.1 Å². The normalized spacial score (nSPS) is 10.9. The number of carboxylic acid groups (broad SMARTS) is 2. The molecule has 0 saturated heterocycles. The quantitative estimate of drug-likeness (QED) is 0.0310. The predicted octanol–water partition coefficient (Wildman–Crippen LogP) is 14.6. The monoisotopic (exact) mass is 828 g/mol. The lowest BCUT2D eigenvalue weighted by Gasteiger charge is -2.17. The summed E-state index contributed by atoms with van der Waals surface area (Å²) in [7, 11) is 0. The molecule has 53 heavy (non-hydrogen) atoms. The summed E-state index contributed by atoms with van der Waals surface area (Å²) in [5.41, 5.74) is 5.35. The molecule has 7 nitrogen and oxygen atoms in total. The van der Waals surface area contributed by atoms with Gasteiger partial charge in [0.2, 0.25) is 0 Å². The first-order valence-corrected chi connectivity index (χ1v) is 23.4. The molecule has 0 heterocycles. The third-order valence-electron chi connectivity index (χ3n) is 8.63. The molecular formula is C45H98BrNO6. The third-order valence-corrected chi connectivity index (χ3v) is 9.19. The van der Waals surface area contributed by atoms with E-state index in [2.05, 4.69) is 29.8 Å². The van der Waals surface area contributed by atoms with Crippen LogP contribution in [0, 0.1) is 11.3 Å². The number of hydrogen-bond acceptors (Lipinski definition) is 5. The summed E-state index contributed by atoms with van der Waals surface area (Å²) < 4.78 is 0. The van der Waals surface area contributed by atoms with Crippen LogP contribution in [0.15, 0.2) is 0 Å². The van der Waals surface area contributed by atoms with E-state index in [1.54, 1.807) is 0 Å². The van der Waals surface area contributed by atoms with E-state index >= 15 is 0 Å². The zero-order valence-electron chi connectivity index (χ0n) is 37.4. The molecule has 0 amide bonds. The highest BCUT2D eigenvalue weighted by Crippen LogP contribution is 2.25. The van der Waals surface area contributed by atoms with Crippen molar-refractivity contribution in [1.82, 2.24) is 0 Å². The maximum Gasteiger partial charge on any atom is 0.290 e. The van der Waals surface area contributed by atoms with E-state index < -0.39 is 0 Å². The molecule has 0 rings (SSSR count). The van der Waals surface area contributed by atoms with Gasteiger partial charge < -0.3 is 25.8 Å². The summed E-state index contributed by atoms with van der Waals surface area (Å²) in [6.45, 7) is 20.5. The highest BCUT2D eigenvalue weighted by molar-refractivity contribution is 9.09. The minimum absolute atomic E-state index is 0.103. The molecule has 326 valence electrons. The van der Waals surface area contributed by atoms with Gasteiger partial charge in [0.25, 0.3) is 12.9 Å². The molecule has 0 aromatic rings. The van der Waals surface area contributed by atoms with Crippen LogP contribution in [-0.2, 0) is 14.4 Å². The number of aldehydes is 1. The molecule has 5 N–H and O–H groups in total. The van der Waals surface area contributed by atoms with Crippen molar-refractivity contribution < 1.29 is 29.7 Å². The van der Waals surface area contributed by atoms with Gasteiger partial charge in [-0.1, -0.05) is 239 Å². The van der Waals surface area contributed by atoms with Gasteiger partial charge in [0.1, 0.15) is 6.29 Å². The smallest absolute Gasteiger partial charge is 0.290 e. The van der Waals surface area contributed by atoms with Gasteiger partial charge in [0.15, 0.2) is 0 Å². The summed E-state index contributed by atoms with van der Waals surface area (Å²) >= 11 is 3.40. The van der Waals surface area contributed by atoms with E-state index in [1.807, 2.05) is 55.4 Å². The van der Waals surface area contributed by atoms with Crippen molar-refractivity contribution in [3.05, 3.63) is 0 Å². The Hall–Kier alpha value is -0.990. The SMILES string of the molecule is CC.CC.CC.CC(C)(C=O)CCCCCCBr.CCCCCCCCC(CCCCCCC)CCCCCCCCCC(O)CN.O=CO.O=CO. The predicted molar refractivity (Wildman–Crippen MR) is 240 cm³/mol. The van der Waals surface area contributed by atoms with E-state index in [1.165, 1.54) is 154 Å². The fraction of sp³-hybridized carbons (Fsp3) is 0.933. The minimum atomic E-state index is -0.277. The summed E-state index contributed by atoms with van der Waals surface area (Å²) in [6, 6.07) is 0. The molecule has 0 saturated carbocycles. The standard InChI is InChI=1S/C27H57NO.C10H19BrO.3C2H6.2CH2O2/c1-3-5-7-9-14-18-22-26(21-17-13-8-6-4-2)23-19-15-11-10-12-16-20-24-27(29)25-28;1-10(2,9-12)7-5-3-4-6-8-11;3*1-2;2*2-1-3/h26-27,29H,3-25,28H2,1-2H3;9H,3-8H2,1-2H3;3*1-2H3;2*1H,(H,2,3). The fourth-order valence-corrected chi connectivity index (χ4v) is 5.98. The van der Waals surface area contributed by atoms with E-state index in [0.717, 1.165) is 36.8 Å². The van der Waals surface area contributed by atoms with E-state index in [0.29, 0.717) is 6.54 Å². The van der Waals surface area contributed by atoms with Gasteiger partial charge in [-0.3, -0.25) is 9.59 Å². The number of halogens is 1. The van der Waals surface area contributed by atoms with E-state index in [9.17, 15) is 9.90 Å². The lowest BCUT2D eigenvalue weighted by atomic mass is 9.89. The van der Waals surface area contributed by atoms with Gasteiger partial charge in [-0.2, -0.15) is 0 Å². The van der Waals surface area contributed by atoms with Gasteiger partial charge >= 0.3 is 0 Å². The Morgan fingerprint density at radius 2 is 0.811 bits per heavy atom. The van der Waals surface area contributed by atoms with Crippen molar-refractivity contribution >= 4 is 35.2 Å². The molecule has 0 aliphatic rings. The highest BCUT2D eigenvalue weighted by Gasteiger charge is 2.15. The molecular weight excluding hydrogens is 730 g/mol. The molecule has 0 aliphatic carbocycles. The number of aliphatic hydroxyl groups excluding tert-OH is 1. The second kappa shape index (κ2) is 69.0. The first-order valence-electron chi connectivity index (χ1n) is 22.3. The molecule has 0 spiro atoms. The highest BCUT2D eigenvalue weighted by atomic mass is 79.9. The number of unbranched alkanes of at least 4 members (excludes halogenated alkanes) is 18. The van der Waals surface area contributed by atoms with Crippen molar-refractivity contribution in [3.63, 3.8) is 0 Å². The average molecular weight is 829 g/mol. The van der Waals surface area contributed by atoms with Gasteiger partial charge in [-0.15, -0.1) is 0 Å². The molecule has 0 aliphatic heterocycles. The number of hydrogen-bond donors (Lipinski definition) is 4. The molecule has 8 heteroatoms. The molecule has 2 atom stereocenters. The zero-order valence-corrected chi connectivity index (χ0v) is 39.0. The van der Waals surface area contributed by atoms with Gasteiger partial charge in [-0.05, 0) is 25.2 Å². The Bertz CT molecular complexity index is 589. The van der Waals surface area contributed by atoms with Crippen molar-refractivity contribution in [2.45, 2.75) is 249 Å². The molecule has 0 fully saturated rings. The number of rotatable bonds is 31. The Balaban J connectivity index is -0.000000145. The largest absolute Gasteiger partial charge is 0.483 e. The van der Waals surface area contributed by atoms with Crippen LogP contribution in [0.2, 0.25) is 0 Å². The van der Waals surface area contributed by atoms with Crippen molar-refractivity contribution in [3.8, 4) is 0 Å². The minimum Gasteiger partial charge on any atom is -0.483 e. The van der Waals surface area contributed by atoms with Crippen LogP contribution in [0.3, 0.4) is 0 Å². The van der Waals surface area contributed by atoms with Crippen LogP contribution < -0.4 is 5.73 Å². The van der Waals surface area contributed by atoms with Crippen LogP contribution in [0.5, 0.6) is 0 Å². The third kappa shape index (κ3) is 80.5. The summed E-state index contributed by atoms with van der Waals surface area (Å²) in [4.78, 5) is 27.3. The van der Waals surface area contributed by atoms with Crippen LogP contribution in [0.1, 0.15) is 243 Å². The van der Waals surface area contributed by atoms with Crippen molar-refractivity contribution in [1.29, 1.82) is 0 Å². The summed E-state index contributed by atoms with van der Waals surface area (Å²) in [6.07, 6.45) is 37.3. The van der Waals surface area contributed by atoms with Crippen LogP contribution >= 0.6 is 15.9 Å².